The molecular formula is C15H15ClN2O2. The van der Waals surface area contributed by atoms with Gasteiger partial charge < -0.3 is 14.8 Å². The van der Waals surface area contributed by atoms with E-state index >= 15 is 0 Å². The highest BCUT2D eigenvalue weighted by molar-refractivity contribution is 6.33. The first kappa shape index (κ1) is 14.4. The van der Waals surface area contributed by atoms with Gasteiger partial charge in [-0.1, -0.05) is 17.7 Å². The number of nitrogens with one attached hydrogen (secondary N) is 1. The lowest BCUT2D eigenvalue weighted by molar-refractivity contribution is 0.0468. The summed E-state index contributed by atoms with van der Waals surface area (Å²) in [4.78, 5) is 0. The van der Waals surface area contributed by atoms with E-state index in [0.717, 1.165) is 5.76 Å². The van der Waals surface area contributed by atoms with Crippen molar-refractivity contribution in [1.29, 1.82) is 5.26 Å². The minimum absolute atomic E-state index is 0.179. The molecule has 2 N–H and O–H groups in total. The second-order valence-electron chi connectivity index (χ2n) is 4.81. The van der Waals surface area contributed by atoms with Crippen molar-refractivity contribution in [2.75, 3.05) is 11.9 Å². The summed E-state index contributed by atoms with van der Waals surface area (Å²) < 4.78 is 5.44. The predicted octanol–water partition coefficient (Wildman–Crippen LogP) is 3.43. The summed E-state index contributed by atoms with van der Waals surface area (Å²) >= 11 is 6.07. The van der Waals surface area contributed by atoms with Crippen LogP contribution in [0.1, 0.15) is 24.0 Å². The maximum Gasteiger partial charge on any atom is 0.137 e. The lowest BCUT2D eigenvalue weighted by Gasteiger charge is -2.22. The predicted molar refractivity (Wildman–Crippen MR) is 77.7 cm³/mol. The SMILES string of the molecule is Cc1ccc(C(C)(O)CNc2c(Cl)cccc2C#N)o1. The molecule has 0 aliphatic carbocycles. The molecule has 0 aliphatic heterocycles. The molecule has 0 bridgehead atoms. The Balaban J connectivity index is 2.19. The topological polar surface area (TPSA) is 69.2 Å². The molecule has 1 aromatic carbocycles. The number of furan rings is 1. The molecule has 1 unspecified atom stereocenters. The van der Waals surface area contributed by atoms with Gasteiger partial charge in [0, 0.05) is 0 Å². The van der Waals surface area contributed by atoms with Gasteiger partial charge in [0.25, 0.3) is 0 Å². The fourth-order valence-corrected chi connectivity index (χ4v) is 2.11. The third kappa shape index (κ3) is 2.96. The summed E-state index contributed by atoms with van der Waals surface area (Å²) in [6.07, 6.45) is 0. The van der Waals surface area contributed by atoms with E-state index in [4.69, 9.17) is 21.3 Å². The summed E-state index contributed by atoms with van der Waals surface area (Å²) in [6, 6.07) is 10.7. The second-order valence-corrected chi connectivity index (χ2v) is 5.22. The Bertz CT molecular complexity index is 656. The zero-order valence-electron chi connectivity index (χ0n) is 11.3. The molecule has 5 heteroatoms. The van der Waals surface area contributed by atoms with Gasteiger partial charge in [0.1, 0.15) is 23.2 Å². The molecule has 0 aliphatic rings. The van der Waals surface area contributed by atoms with E-state index in [9.17, 15) is 5.11 Å². The van der Waals surface area contributed by atoms with E-state index < -0.39 is 5.60 Å². The molecule has 0 spiro atoms. The molecular weight excluding hydrogens is 276 g/mol. The van der Waals surface area contributed by atoms with Gasteiger partial charge in [-0.25, -0.2) is 0 Å². The van der Waals surface area contributed by atoms with Crippen LogP contribution in [0, 0.1) is 18.3 Å². The normalized spacial score (nSPS) is 13.6. The summed E-state index contributed by atoms with van der Waals surface area (Å²) in [5, 5.41) is 23.0. The van der Waals surface area contributed by atoms with E-state index in [1.165, 1.54) is 0 Å². The summed E-state index contributed by atoms with van der Waals surface area (Å²) in [6.45, 7) is 3.63. The highest BCUT2D eigenvalue weighted by Crippen LogP contribution is 2.28. The largest absolute Gasteiger partial charge is 0.463 e. The van der Waals surface area contributed by atoms with E-state index in [-0.39, 0.29) is 6.54 Å². The van der Waals surface area contributed by atoms with Gasteiger partial charge >= 0.3 is 0 Å². The lowest BCUT2D eigenvalue weighted by atomic mass is 10.0. The molecule has 1 heterocycles. The number of anilines is 1. The van der Waals surface area contributed by atoms with Crippen LogP contribution in [0.5, 0.6) is 0 Å². The minimum atomic E-state index is -1.19. The van der Waals surface area contributed by atoms with Gasteiger partial charge in [-0.3, -0.25) is 0 Å². The second kappa shape index (κ2) is 5.58. The molecule has 0 saturated heterocycles. The molecule has 1 atom stereocenters. The van der Waals surface area contributed by atoms with E-state index in [0.29, 0.717) is 22.0 Å². The molecule has 0 radical (unpaired) electrons. The van der Waals surface area contributed by atoms with Crippen LogP contribution in [-0.4, -0.2) is 11.7 Å². The van der Waals surface area contributed by atoms with Gasteiger partial charge in [0.15, 0.2) is 0 Å². The summed E-state index contributed by atoms with van der Waals surface area (Å²) in [5.74, 6) is 1.20. The number of hydrogen-bond acceptors (Lipinski definition) is 4. The average Bonchev–Trinajstić information content (AvgIpc) is 2.84. The van der Waals surface area contributed by atoms with Gasteiger partial charge in [-0.2, -0.15) is 5.26 Å². The Morgan fingerprint density at radius 3 is 2.75 bits per heavy atom. The number of para-hydroxylation sites is 1. The van der Waals surface area contributed by atoms with Crippen molar-refractivity contribution >= 4 is 17.3 Å². The fourth-order valence-electron chi connectivity index (χ4n) is 1.87. The fraction of sp³-hybridized carbons (Fsp3) is 0.267. The standard InChI is InChI=1S/C15H15ClN2O2/c1-10-6-7-13(20-10)15(2,19)9-18-14-11(8-17)4-3-5-12(14)16/h3-7,18-19H,9H2,1-2H3. The number of nitrogens with zero attached hydrogens (tertiary/aromatic N) is 1. The molecule has 4 nitrogen and oxygen atoms in total. The summed E-state index contributed by atoms with van der Waals surface area (Å²) in [7, 11) is 0. The quantitative estimate of drug-likeness (QED) is 0.905. The van der Waals surface area contributed by atoms with Crippen LogP contribution in [0.4, 0.5) is 5.69 Å². The number of halogens is 1. The van der Waals surface area contributed by atoms with E-state index in [1.54, 1.807) is 37.3 Å². The van der Waals surface area contributed by atoms with Crippen LogP contribution < -0.4 is 5.32 Å². The smallest absolute Gasteiger partial charge is 0.137 e. The number of aryl methyl sites for hydroxylation is 1. The van der Waals surface area contributed by atoms with Crippen molar-refractivity contribution in [3.63, 3.8) is 0 Å². The van der Waals surface area contributed by atoms with Crippen molar-refractivity contribution in [1.82, 2.24) is 0 Å². The number of hydrogen-bond donors (Lipinski definition) is 2. The zero-order valence-corrected chi connectivity index (χ0v) is 12.0. The molecule has 0 amide bonds. The molecule has 2 rings (SSSR count). The van der Waals surface area contributed by atoms with Crippen LogP contribution in [0.3, 0.4) is 0 Å². The van der Waals surface area contributed by atoms with Crippen LogP contribution in [-0.2, 0) is 5.60 Å². The number of nitriles is 1. The molecule has 0 saturated carbocycles. The minimum Gasteiger partial charge on any atom is -0.463 e. The summed E-state index contributed by atoms with van der Waals surface area (Å²) in [5.41, 5.74) is -0.246. The third-order valence-electron chi connectivity index (χ3n) is 3.01. The zero-order chi connectivity index (χ0) is 14.8. The first-order valence-corrected chi connectivity index (χ1v) is 6.53. The molecule has 1 aromatic heterocycles. The van der Waals surface area contributed by atoms with Gasteiger partial charge in [0.2, 0.25) is 0 Å². The van der Waals surface area contributed by atoms with Crippen LogP contribution in [0.15, 0.2) is 34.7 Å². The van der Waals surface area contributed by atoms with Gasteiger partial charge in [-0.15, -0.1) is 0 Å². The first-order chi connectivity index (χ1) is 9.44. The Morgan fingerprint density at radius 1 is 1.40 bits per heavy atom. The average molecular weight is 291 g/mol. The van der Waals surface area contributed by atoms with Crippen LogP contribution >= 0.6 is 11.6 Å². The van der Waals surface area contributed by atoms with Crippen molar-refractivity contribution in [3.8, 4) is 6.07 Å². The number of benzene rings is 1. The van der Waals surface area contributed by atoms with Crippen LogP contribution in [0.2, 0.25) is 5.02 Å². The maximum atomic E-state index is 10.4. The van der Waals surface area contributed by atoms with E-state index in [2.05, 4.69) is 11.4 Å². The van der Waals surface area contributed by atoms with E-state index in [1.807, 2.05) is 6.92 Å². The number of rotatable bonds is 4. The molecule has 0 fully saturated rings. The Morgan fingerprint density at radius 2 is 2.15 bits per heavy atom. The van der Waals surface area contributed by atoms with Crippen molar-refractivity contribution in [2.24, 2.45) is 0 Å². The molecule has 104 valence electrons. The first-order valence-electron chi connectivity index (χ1n) is 6.16. The number of aliphatic hydroxyl groups is 1. The molecule has 2 aromatic rings. The van der Waals surface area contributed by atoms with Crippen molar-refractivity contribution in [2.45, 2.75) is 19.4 Å². The van der Waals surface area contributed by atoms with Crippen molar-refractivity contribution in [3.05, 3.63) is 52.4 Å². The lowest BCUT2D eigenvalue weighted by Crippen LogP contribution is -2.30. The maximum absolute atomic E-state index is 10.4. The monoisotopic (exact) mass is 290 g/mol. The highest BCUT2D eigenvalue weighted by atomic mass is 35.5. The Hall–Kier alpha value is -1.96. The van der Waals surface area contributed by atoms with Crippen LogP contribution in [0.25, 0.3) is 0 Å². The van der Waals surface area contributed by atoms with Gasteiger partial charge in [-0.05, 0) is 38.1 Å². The Labute approximate surface area is 122 Å². The Kier molecular flexibility index (Phi) is 4.03. The van der Waals surface area contributed by atoms with Crippen molar-refractivity contribution < 1.29 is 9.52 Å². The molecule has 20 heavy (non-hydrogen) atoms. The third-order valence-corrected chi connectivity index (χ3v) is 3.33. The van der Waals surface area contributed by atoms with Gasteiger partial charge in [0.05, 0.1) is 22.8 Å². The highest BCUT2D eigenvalue weighted by Gasteiger charge is 2.27.